The van der Waals surface area contributed by atoms with E-state index in [0.29, 0.717) is 19.7 Å². The molecular formula is C15H18N2O4. The van der Waals surface area contributed by atoms with Crippen molar-refractivity contribution in [3.8, 4) is 0 Å². The number of carbonyl (C=O) groups excluding carboxylic acids is 3. The van der Waals surface area contributed by atoms with Gasteiger partial charge < -0.3 is 15.0 Å². The summed E-state index contributed by atoms with van der Waals surface area (Å²) in [6.07, 6.45) is 1.86. The smallest absolute Gasteiger partial charge is 0.236 e. The number of ether oxygens (including phenoxy) is 1. The van der Waals surface area contributed by atoms with E-state index in [0.717, 1.165) is 16.7 Å². The van der Waals surface area contributed by atoms with Crippen LogP contribution in [-0.2, 0) is 19.1 Å². The molecule has 1 atom stereocenters. The van der Waals surface area contributed by atoms with E-state index in [4.69, 9.17) is 4.74 Å². The van der Waals surface area contributed by atoms with E-state index in [1.807, 2.05) is 6.92 Å². The first-order valence-corrected chi connectivity index (χ1v) is 7.12. The fourth-order valence-corrected chi connectivity index (χ4v) is 3.12. The zero-order chi connectivity index (χ0) is 15.0. The molecule has 0 spiro atoms. The molecule has 1 N–H and O–H groups in total. The van der Waals surface area contributed by atoms with Crippen LogP contribution in [0.4, 0.5) is 0 Å². The van der Waals surface area contributed by atoms with Crippen molar-refractivity contribution in [3.63, 3.8) is 0 Å². The molecule has 0 saturated carbocycles. The van der Waals surface area contributed by atoms with Crippen molar-refractivity contribution in [1.29, 1.82) is 0 Å². The summed E-state index contributed by atoms with van der Waals surface area (Å²) < 4.78 is 5.25. The molecule has 0 radical (unpaired) electrons. The third-order valence-corrected chi connectivity index (χ3v) is 4.29. The summed E-state index contributed by atoms with van der Waals surface area (Å²) in [7, 11) is 0. The number of Topliss-reactive ketones (excluding diaryl/α,β-unsaturated/α-hetero) is 2. The number of fused-ring (bicyclic) bond motifs is 1. The standard InChI is InChI=1S/C15H18N2O4/c1-9-11-8-21-7-10(11)4-12(18)15(9)13(19)6-17-3-2-16-5-14(17)20/h7,15-16H,2-6,8H2,1H3. The van der Waals surface area contributed by atoms with Gasteiger partial charge in [-0.05, 0) is 18.1 Å². The predicted octanol–water partition coefficient (Wildman–Crippen LogP) is -0.193. The van der Waals surface area contributed by atoms with Crippen LogP contribution >= 0.6 is 0 Å². The van der Waals surface area contributed by atoms with Crippen molar-refractivity contribution in [3.05, 3.63) is 23.0 Å². The van der Waals surface area contributed by atoms with Crippen LogP contribution in [0.25, 0.3) is 0 Å². The summed E-state index contributed by atoms with van der Waals surface area (Å²) >= 11 is 0. The Balaban J connectivity index is 1.77. The number of hydrogen-bond acceptors (Lipinski definition) is 5. The van der Waals surface area contributed by atoms with E-state index >= 15 is 0 Å². The van der Waals surface area contributed by atoms with E-state index in [1.165, 1.54) is 4.90 Å². The number of hydrogen-bond donors (Lipinski definition) is 1. The molecule has 0 bridgehead atoms. The number of rotatable bonds is 3. The van der Waals surface area contributed by atoms with Gasteiger partial charge >= 0.3 is 0 Å². The average Bonchev–Trinajstić information content (AvgIpc) is 2.90. The molecular weight excluding hydrogens is 272 g/mol. The molecule has 0 aromatic rings. The highest BCUT2D eigenvalue weighted by Crippen LogP contribution is 2.35. The van der Waals surface area contributed by atoms with Gasteiger partial charge in [-0.3, -0.25) is 14.4 Å². The van der Waals surface area contributed by atoms with Crippen LogP contribution in [0.1, 0.15) is 13.3 Å². The lowest BCUT2D eigenvalue weighted by Gasteiger charge is -2.29. The van der Waals surface area contributed by atoms with Crippen molar-refractivity contribution in [2.75, 3.05) is 32.8 Å². The largest absolute Gasteiger partial charge is 0.496 e. The highest BCUT2D eigenvalue weighted by atomic mass is 16.5. The Kier molecular flexibility index (Phi) is 3.63. The molecule has 6 nitrogen and oxygen atoms in total. The van der Waals surface area contributed by atoms with Crippen LogP contribution < -0.4 is 5.32 Å². The quantitative estimate of drug-likeness (QED) is 0.729. The first-order valence-electron chi connectivity index (χ1n) is 7.12. The minimum absolute atomic E-state index is 0.0153. The van der Waals surface area contributed by atoms with Gasteiger partial charge in [0.15, 0.2) is 11.6 Å². The van der Waals surface area contributed by atoms with Gasteiger partial charge in [-0.2, -0.15) is 0 Å². The number of piperazine rings is 1. The number of allylic oxidation sites excluding steroid dienone is 1. The van der Waals surface area contributed by atoms with Gasteiger partial charge in [0, 0.05) is 25.1 Å². The van der Waals surface area contributed by atoms with Gasteiger partial charge in [0.2, 0.25) is 5.91 Å². The normalized spacial score (nSPS) is 25.7. The van der Waals surface area contributed by atoms with Crippen molar-refractivity contribution in [2.45, 2.75) is 13.3 Å². The first kappa shape index (κ1) is 14.0. The second kappa shape index (κ2) is 5.44. The Labute approximate surface area is 122 Å². The Hall–Kier alpha value is -1.95. The van der Waals surface area contributed by atoms with Crippen molar-refractivity contribution < 1.29 is 19.1 Å². The molecule has 6 heteroatoms. The third-order valence-electron chi connectivity index (χ3n) is 4.29. The maximum atomic E-state index is 12.5. The molecule has 1 saturated heterocycles. The molecule has 2 heterocycles. The lowest BCUT2D eigenvalue weighted by Crippen LogP contribution is -2.51. The first-order chi connectivity index (χ1) is 10.1. The molecule has 3 rings (SSSR count). The minimum Gasteiger partial charge on any atom is -0.496 e. The Morgan fingerprint density at radius 1 is 1.48 bits per heavy atom. The van der Waals surface area contributed by atoms with E-state index in [-0.39, 0.29) is 37.0 Å². The van der Waals surface area contributed by atoms with Crippen molar-refractivity contribution >= 4 is 17.5 Å². The number of nitrogens with one attached hydrogen (secondary N) is 1. The average molecular weight is 290 g/mol. The summed E-state index contributed by atoms with van der Waals surface area (Å²) in [6.45, 7) is 3.71. The number of nitrogens with zero attached hydrogens (tertiary/aromatic N) is 1. The molecule has 21 heavy (non-hydrogen) atoms. The number of amides is 1. The van der Waals surface area contributed by atoms with Crippen LogP contribution in [-0.4, -0.2) is 55.2 Å². The molecule has 1 unspecified atom stereocenters. The molecule has 0 aromatic heterocycles. The zero-order valence-electron chi connectivity index (χ0n) is 12.0. The maximum Gasteiger partial charge on any atom is 0.236 e. The summed E-state index contributed by atoms with van der Waals surface area (Å²) in [4.78, 5) is 38.0. The summed E-state index contributed by atoms with van der Waals surface area (Å²) in [5.74, 6) is -1.10. The summed E-state index contributed by atoms with van der Waals surface area (Å²) in [6, 6.07) is 0. The molecule has 0 aromatic carbocycles. The van der Waals surface area contributed by atoms with E-state index in [9.17, 15) is 14.4 Å². The van der Waals surface area contributed by atoms with Crippen LogP contribution in [0.5, 0.6) is 0 Å². The van der Waals surface area contributed by atoms with Gasteiger partial charge in [-0.25, -0.2) is 0 Å². The summed E-state index contributed by atoms with van der Waals surface area (Å²) in [5, 5.41) is 2.96. The van der Waals surface area contributed by atoms with E-state index < -0.39 is 5.92 Å². The second-order valence-corrected chi connectivity index (χ2v) is 5.65. The van der Waals surface area contributed by atoms with Gasteiger partial charge in [0.05, 0.1) is 25.3 Å². The topological polar surface area (TPSA) is 75.7 Å². The van der Waals surface area contributed by atoms with Crippen LogP contribution in [0.2, 0.25) is 0 Å². The third kappa shape index (κ3) is 2.51. The highest BCUT2D eigenvalue weighted by Gasteiger charge is 2.37. The monoisotopic (exact) mass is 290 g/mol. The molecule has 1 amide bonds. The van der Waals surface area contributed by atoms with Gasteiger partial charge in [0.25, 0.3) is 0 Å². The van der Waals surface area contributed by atoms with Crippen LogP contribution in [0.3, 0.4) is 0 Å². The number of carbonyl (C=O) groups is 3. The Bertz CT molecular complexity index is 576. The molecule has 1 aliphatic carbocycles. The molecule has 3 aliphatic rings. The van der Waals surface area contributed by atoms with E-state index in [2.05, 4.69) is 5.32 Å². The number of ketones is 2. The van der Waals surface area contributed by atoms with Gasteiger partial charge in [-0.1, -0.05) is 0 Å². The Morgan fingerprint density at radius 3 is 3.05 bits per heavy atom. The SMILES string of the molecule is CC1=C2COC=C2CC(=O)C1C(=O)CN1CCNCC1=O. The van der Waals surface area contributed by atoms with E-state index in [1.54, 1.807) is 6.26 Å². The fraction of sp³-hybridized carbons (Fsp3) is 0.533. The highest BCUT2D eigenvalue weighted by molar-refractivity contribution is 6.09. The lowest BCUT2D eigenvalue weighted by atomic mass is 9.78. The second-order valence-electron chi connectivity index (χ2n) is 5.65. The van der Waals surface area contributed by atoms with Gasteiger partial charge in [-0.15, -0.1) is 0 Å². The summed E-state index contributed by atoms with van der Waals surface area (Å²) in [5.41, 5.74) is 2.64. The molecule has 1 fully saturated rings. The molecule has 112 valence electrons. The maximum absolute atomic E-state index is 12.5. The zero-order valence-corrected chi connectivity index (χ0v) is 12.0. The van der Waals surface area contributed by atoms with Crippen LogP contribution in [0.15, 0.2) is 23.0 Å². The fourth-order valence-electron chi connectivity index (χ4n) is 3.12. The Morgan fingerprint density at radius 2 is 2.29 bits per heavy atom. The van der Waals surface area contributed by atoms with Crippen LogP contribution in [0, 0.1) is 5.92 Å². The predicted molar refractivity (Wildman–Crippen MR) is 74.3 cm³/mol. The van der Waals surface area contributed by atoms with Crippen molar-refractivity contribution in [2.24, 2.45) is 5.92 Å². The van der Waals surface area contributed by atoms with Crippen molar-refractivity contribution in [1.82, 2.24) is 10.2 Å². The molecule has 2 aliphatic heterocycles. The lowest BCUT2D eigenvalue weighted by molar-refractivity contribution is -0.139. The van der Waals surface area contributed by atoms with Gasteiger partial charge in [0.1, 0.15) is 6.61 Å². The minimum atomic E-state index is -0.721.